The van der Waals surface area contributed by atoms with Gasteiger partial charge in [0.15, 0.2) is 5.13 Å². The molecule has 0 amide bonds. The zero-order valence-electron chi connectivity index (χ0n) is 10.3. The number of nitrogen functional groups attached to an aromatic ring is 1. The maximum atomic E-state index is 5.62. The van der Waals surface area contributed by atoms with Crippen molar-refractivity contribution in [3.05, 3.63) is 45.4 Å². The van der Waals surface area contributed by atoms with E-state index in [9.17, 15) is 0 Å². The Kier molecular flexibility index (Phi) is 4.74. The number of hydrogen-bond donors (Lipinski definition) is 1. The SMILES string of the molecule is CN(CCc1csc(N)n1)Cc1ccccc1Br. The molecule has 18 heavy (non-hydrogen) atoms. The number of anilines is 1. The van der Waals surface area contributed by atoms with Gasteiger partial charge >= 0.3 is 0 Å². The molecule has 0 radical (unpaired) electrons. The molecule has 1 aromatic heterocycles. The van der Waals surface area contributed by atoms with Crippen molar-refractivity contribution in [2.24, 2.45) is 0 Å². The highest BCUT2D eigenvalue weighted by molar-refractivity contribution is 9.10. The van der Waals surface area contributed by atoms with Crippen LogP contribution in [0.25, 0.3) is 0 Å². The van der Waals surface area contributed by atoms with E-state index in [1.165, 1.54) is 16.9 Å². The lowest BCUT2D eigenvalue weighted by Gasteiger charge is -2.16. The zero-order valence-corrected chi connectivity index (χ0v) is 12.7. The van der Waals surface area contributed by atoms with Crippen LogP contribution in [0.4, 0.5) is 5.13 Å². The van der Waals surface area contributed by atoms with Crippen LogP contribution in [0.3, 0.4) is 0 Å². The van der Waals surface area contributed by atoms with Crippen molar-refractivity contribution in [1.82, 2.24) is 9.88 Å². The van der Waals surface area contributed by atoms with Crippen molar-refractivity contribution < 1.29 is 0 Å². The Balaban J connectivity index is 1.85. The Bertz CT molecular complexity index is 512. The first kappa shape index (κ1) is 13.5. The van der Waals surface area contributed by atoms with E-state index >= 15 is 0 Å². The minimum atomic E-state index is 0.651. The average molecular weight is 326 g/mol. The number of hydrogen-bond acceptors (Lipinski definition) is 4. The summed E-state index contributed by atoms with van der Waals surface area (Å²) in [5.41, 5.74) is 8.00. The van der Waals surface area contributed by atoms with Gasteiger partial charge in [-0.3, -0.25) is 0 Å². The fraction of sp³-hybridized carbons (Fsp3) is 0.308. The normalized spacial score (nSPS) is 11.1. The number of nitrogens with two attached hydrogens (primary N) is 1. The zero-order chi connectivity index (χ0) is 13.0. The fourth-order valence-electron chi connectivity index (χ4n) is 1.74. The van der Waals surface area contributed by atoms with Crippen molar-refractivity contribution in [3.8, 4) is 0 Å². The largest absolute Gasteiger partial charge is 0.375 e. The second-order valence-corrected chi connectivity index (χ2v) is 6.00. The molecule has 0 bridgehead atoms. The average Bonchev–Trinajstić information content (AvgIpc) is 2.76. The number of aromatic nitrogens is 1. The van der Waals surface area contributed by atoms with Crippen molar-refractivity contribution in [2.75, 3.05) is 19.3 Å². The predicted octanol–water partition coefficient (Wildman–Crippen LogP) is 3.16. The molecule has 0 aliphatic carbocycles. The van der Waals surface area contributed by atoms with Crippen LogP contribution in [0.5, 0.6) is 0 Å². The van der Waals surface area contributed by atoms with E-state index < -0.39 is 0 Å². The molecule has 2 N–H and O–H groups in total. The lowest BCUT2D eigenvalue weighted by atomic mass is 10.2. The van der Waals surface area contributed by atoms with Crippen molar-refractivity contribution >= 4 is 32.4 Å². The summed E-state index contributed by atoms with van der Waals surface area (Å²) in [5, 5.41) is 2.68. The molecule has 1 heterocycles. The summed E-state index contributed by atoms with van der Waals surface area (Å²) in [5.74, 6) is 0. The molecule has 2 rings (SSSR count). The number of rotatable bonds is 5. The van der Waals surface area contributed by atoms with Gasteiger partial charge in [0.05, 0.1) is 5.69 Å². The van der Waals surface area contributed by atoms with Gasteiger partial charge in [-0.05, 0) is 18.7 Å². The highest BCUT2D eigenvalue weighted by atomic mass is 79.9. The highest BCUT2D eigenvalue weighted by Crippen LogP contribution is 2.17. The molecule has 0 atom stereocenters. The maximum Gasteiger partial charge on any atom is 0.180 e. The van der Waals surface area contributed by atoms with Crippen molar-refractivity contribution in [1.29, 1.82) is 0 Å². The van der Waals surface area contributed by atoms with Crippen LogP contribution in [0, 0.1) is 0 Å². The van der Waals surface area contributed by atoms with E-state index in [1.807, 2.05) is 11.4 Å². The Morgan fingerprint density at radius 1 is 1.39 bits per heavy atom. The smallest absolute Gasteiger partial charge is 0.180 e. The first-order valence-corrected chi connectivity index (χ1v) is 7.44. The number of likely N-dealkylation sites (N-methyl/N-ethyl adjacent to an activating group) is 1. The fourth-order valence-corrected chi connectivity index (χ4v) is 2.75. The first-order valence-electron chi connectivity index (χ1n) is 5.77. The van der Waals surface area contributed by atoms with Gasteiger partial charge in [0.25, 0.3) is 0 Å². The number of thiazole rings is 1. The molecular formula is C13H16BrN3S. The third kappa shape index (κ3) is 3.80. The van der Waals surface area contributed by atoms with Gasteiger partial charge in [0, 0.05) is 29.4 Å². The van der Waals surface area contributed by atoms with Crippen LogP contribution in [-0.2, 0) is 13.0 Å². The third-order valence-corrected chi connectivity index (χ3v) is 4.21. The minimum absolute atomic E-state index is 0.651. The second-order valence-electron chi connectivity index (χ2n) is 4.26. The van der Waals surface area contributed by atoms with Gasteiger partial charge in [-0.15, -0.1) is 11.3 Å². The van der Waals surface area contributed by atoms with E-state index in [0.717, 1.165) is 29.7 Å². The van der Waals surface area contributed by atoms with Crippen LogP contribution in [-0.4, -0.2) is 23.5 Å². The summed E-state index contributed by atoms with van der Waals surface area (Å²) in [6, 6.07) is 8.31. The second kappa shape index (κ2) is 6.31. The van der Waals surface area contributed by atoms with Crippen LogP contribution in [0.2, 0.25) is 0 Å². The van der Waals surface area contributed by atoms with E-state index in [2.05, 4.69) is 51.1 Å². The van der Waals surface area contributed by atoms with E-state index in [0.29, 0.717) is 5.13 Å². The number of nitrogens with zero attached hydrogens (tertiary/aromatic N) is 2. The molecule has 2 aromatic rings. The lowest BCUT2D eigenvalue weighted by Crippen LogP contribution is -2.21. The summed E-state index contributed by atoms with van der Waals surface area (Å²) in [7, 11) is 2.12. The summed E-state index contributed by atoms with van der Waals surface area (Å²) in [6.45, 7) is 1.91. The molecule has 5 heteroatoms. The Morgan fingerprint density at radius 2 is 2.17 bits per heavy atom. The standard InChI is InChI=1S/C13H16BrN3S/c1-17(7-6-11-9-18-13(15)16-11)8-10-4-2-3-5-12(10)14/h2-5,9H,6-8H2,1H3,(H2,15,16). The molecular weight excluding hydrogens is 310 g/mol. The van der Waals surface area contributed by atoms with Crippen LogP contribution >= 0.6 is 27.3 Å². The lowest BCUT2D eigenvalue weighted by molar-refractivity contribution is 0.329. The maximum absolute atomic E-state index is 5.62. The van der Waals surface area contributed by atoms with Gasteiger partial charge in [0.1, 0.15) is 0 Å². The predicted molar refractivity (Wildman–Crippen MR) is 80.7 cm³/mol. The highest BCUT2D eigenvalue weighted by Gasteiger charge is 2.05. The Morgan fingerprint density at radius 3 is 2.83 bits per heavy atom. The third-order valence-electron chi connectivity index (χ3n) is 2.72. The Hall–Kier alpha value is -0.910. The molecule has 0 unspecified atom stereocenters. The van der Waals surface area contributed by atoms with Crippen LogP contribution < -0.4 is 5.73 Å². The van der Waals surface area contributed by atoms with E-state index in [4.69, 9.17) is 5.73 Å². The minimum Gasteiger partial charge on any atom is -0.375 e. The molecule has 3 nitrogen and oxygen atoms in total. The van der Waals surface area contributed by atoms with Gasteiger partial charge in [-0.1, -0.05) is 34.1 Å². The Labute approximate surface area is 120 Å². The molecule has 0 spiro atoms. The number of halogens is 1. The van der Waals surface area contributed by atoms with Crippen molar-refractivity contribution in [3.63, 3.8) is 0 Å². The van der Waals surface area contributed by atoms with Gasteiger partial charge < -0.3 is 10.6 Å². The summed E-state index contributed by atoms with van der Waals surface area (Å²) >= 11 is 5.07. The molecule has 0 saturated carbocycles. The monoisotopic (exact) mass is 325 g/mol. The molecule has 0 aliphatic rings. The summed E-state index contributed by atoms with van der Waals surface area (Å²) < 4.78 is 1.16. The van der Waals surface area contributed by atoms with Gasteiger partial charge in [-0.2, -0.15) is 0 Å². The molecule has 0 fully saturated rings. The van der Waals surface area contributed by atoms with Crippen LogP contribution in [0.1, 0.15) is 11.3 Å². The van der Waals surface area contributed by atoms with Gasteiger partial charge in [-0.25, -0.2) is 4.98 Å². The van der Waals surface area contributed by atoms with E-state index in [1.54, 1.807) is 0 Å². The summed E-state index contributed by atoms with van der Waals surface area (Å²) in [4.78, 5) is 6.55. The molecule has 1 aromatic carbocycles. The van der Waals surface area contributed by atoms with Crippen molar-refractivity contribution in [2.45, 2.75) is 13.0 Å². The van der Waals surface area contributed by atoms with Crippen LogP contribution in [0.15, 0.2) is 34.1 Å². The quantitative estimate of drug-likeness (QED) is 0.918. The molecule has 0 aliphatic heterocycles. The topological polar surface area (TPSA) is 42.1 Å². The van der Waals surface area contributed by atoms with Gasteiger partial charge in [0.2, 0.25) is 0 Å². The summed E-state index contributed by atoms with van der Waals surface area (Å²) in [6.07, 6.45) is 0.939. The molecule has 96 valence electrons. The number of benzene rings is 1. The molecule has 0 saturated heterocycles. The van der Waals surface area contributed by atoms with E-state index in [-0.39, 0.29) is 0 Å². The first-order chi connectivity index (χ1) is 8.65.